The number of unbranched alkanes of at least 4 members (excludes halogenated alkanes) is 14. The Bertz CT molecular complexity index is 1270. The maximum Gasteiger partial charge on any atom is 0.305 e. The summed E-state index contributed by atoms with van der Waals surface area (Å²) in [4.78, 5) is 12.6. The number of rotatable bonds is 25. The molecule has 3 saturated carbocycles. The number of fused-ring (bicyclic) bond motifs is 5. The number of aliphatic hydroxyl groups excluding tert-OH is 3. The Morgan fingerprint density at radius 3 is 2.02 bits per heavy atom. The molecule has 1 heterocycles. The molecule has 0 aromatic rings. The fourth-order valence-electron chi connectivity index (χ4n) is 13.0. The average molecular weight is 829 g/mol. The number of esters is 1. The van der Waals surface area contributed by atoms with E-state index in [1.807, 2.05) is 0 Å². The number of aliphatic hydroxyl groups is 3. The molecule has 0 amide bonds. The topological polar surface area (TPSA) is 105 Å². The zero-order valence-corrected chi connectivity index (χ0v) is 39.1. The smallest absolute Gasteiger partial charge is 0.305 e. The van der Waals surface area contributed by atoms with Gasteiger partial charge in [0.2, 0.25) is 0 Å². The van der Waals surface area contributed by atoms with E-state index < -0.39 is 30.7 Å². The molecular formula is C52H92O7. The zero-order valence-electron chi connectivity index (χ0n) is 39.1. The Kier molecular flexibility index (Phi) is 19.6. The van der Waals surface area contributed by atoms with E-state index in [1.165, 1.54) is 121 Å². The molecule has 14 atom stereocenters. The van der Waals surface area contributed by atoms with Crippen LogP contribution in [0.15, 0.2) is 11.6 Å². The minimum absolute atomic E-state index is 0.139. The first-order chi connectivity index (χ1) is 28.3. The van der Waals surface area contributed by atoms with Gasteiger partial charge < -0.3 is 29.5 Å². The minimum atomic E-state index is -1.44. The Hall–Kier alpha value is -0.990. The first kappa shape index (κ1) is 49.0. The molecule has 4 fully saturated rings. The molecule has 59 heavy (non-hydrogen) atoms. The summed E-state index contributed by atoms with van der Waals surface area (Å²) in [7, 11) is 0. The predicted molar refractivity (Wildman–Crippen MR) is 240 cm³/mol. The van der Waals surface area contributed by atoms with E-state index in [2.05, 4.69) is 54.5 Å². The summed E-state index contributed by atoms with van der Waals surface area (Å²) in [6.45, 7) is 17.0. The van der Waals surface area contributed by atoms with Crippen molar-refractivity contribution in [3.63, 3.8) is 0 Å². The van der Waals surface area contributed by atoms with Crippen molar-refractivity contribution in [3.8, 4) is 0 Å². The summed E-state index contributed by atoms with van der Waals surface area (Å²) in [6, 6.07) is 0. The summed E-state index contributed by atoms with van der Waals surface area (Å²) in [5, 5.41) is 32.5. The maximum absolute atomic E-state index is 12.6. The SMILES string of the molecule is CCCCCCCCCCCCCCCCCC(=O)OCC1OC(OC2CCC3(C)C(=CCC4C3CCC3(C)C(C(C)CCC(C)C(C)C)CCC43)C2)C(O)C(O)C1O. The van der Waals surface area contributed by atoms with Crippen molar-refractivity contribution in [1.29, 1.82) is 0 Å². The van der Waals surface area contributed by atoms with Crippen molar-refractivity contribution >= 4 is 5.97 Å². The van der Waals surface area contributed by atoms with Gasteiger partial charge in [0.05, 0.1) is 6.10 Å². The fourth-order valence-corrected chi connectivity index (χ4v) is 13.0. The Labute approximate surface area is 362 Å². The van der Waals surface area contributed by atoms with Gasteiger partial charge in [-0.3, -0.25) is 4.79 Å². The zero-order chi connectivity index (χ0) is 42.6. The molecule has 14 unspecified atom stereocenters. The molecule has 1 aliphatic heterocycles. The second-order valence-corrected chi connectivity index (χ2v) is 21.7. The number of carbonyl (C=O) groups is 1. The van der Waals surface area contributed by atoms with Gasteiger partial charge in [0.15, 0.2) is 6.29 Å². The van der Waals surface area contributed by atoms with Crippen LogP contribution in [0.25, 0.3) is 0 Å². The summed E-state index contributed by atoms with van der Waals surface area (Å²) in [5.41, 5.74) is 2.13. The number of hydrogen-bond donors (Lipinski definition) is 3. The third-order valence-electron chi connectivity index (χ3n) is 17.4. The molecule has 0 bridgehead atoms. The van der Waals surface area contributed by atoms with Crippen LogP contribution in [0.2, 0.25) is 0 Å². The van der Waals surface area contributed by atoms with E-state index in [1.54, 1.807) is 0 Å². The van der Waals surface area contributed by atoms with Crippen LogP contribution in [0.4, 0.5) is 0 Å². The van der Waals surface area contributed by atoms with Crippen LogP contribution in [0.1, 0.15) is 215 Å². The third-order valence-corrected chi connectivity index (χ3v) is 17.4. The van der Waals surface area contributed by atoms with Crippen molar-refractivity contribution in [2.24, 2.45) is 52.3 Å². The van der Waals surface area contributed by atoms with Crippen molar-refractivity contribution < 1.29 is 34.3 Å². The number of carbonyl (C=O) groups excluding carboxylic acids is 1. The van der Waals surface area contributed by atoms with E-state index in [-0.39, 0.29) is 24.1 Å². The number of ether oxygens (including phenoxy) is 3. The van der Waals surface area contributed by atoms with Crippen LogP contribution in [0.5, 0.6) is 0 Å². The second kappa shape index (κ2) is 23.6. The second-order valence-electron chi connectivity index (χ2n) is 21.7. The summed E-state index contributed by atoms with van der Waals surface area (Å²) in [5.74, 6) is 5.17. The molecule has 0 radical (unpaired) electrons. The highest BCUT2D eigenvalue weighted by Gasteiger charge is 2.59. The molecule has 7 nitrogen and oxygen atoms in total. The van der Waals surface area contributed by atoms with Gasteiger partial charge in [-0.15, -0.1) is 0 Å². The lowest BCUT2D eigenvalue weighted by Crippen LogP contribution is -2.60. The van der Waals surface area contributed by atoms with Gasteiger partial charge in [-0.25, -0.2) is 0 Å². The lowest BCUT2D eigenvalue weighted by molar-refractivity contribution is -0.313. The van der Waals surface area contributed by atoms with E-state index in [0.717, 1.165) is 80.5 Å². The van der Waals surface area contributed by atoms with E-state index in [0.29, 0.717) is 17.8 Å². The fraction of sp³-hybridized carbons (Fsp3) is 0.942. The highest BCUT2D eigenvalue weighted by molar-refractivity contribution is 5.69. The number of hydrogen-bond acceptors (Lipinski definition) is 7. The maximum atomic E-state index is 12.6. The largest absolute Gasteiger partial charge is 0.463 e. The highest BCUT2D eigenvalue weighted by Crippen LogP contribution is 2.67. The monoisotopic (exact) mass is 829 g/mol. The van der Waals surface area contributed by atoms with Crippen LogP contribution in [-0.4, -0.2) is 64.7 Å². The molecular weight excluding hydrogens is 737 g/mol. The Balaban J connectivity index is 1.01. The Morgan fingerprint density at radius 2 is 1.39 bits per heavy atom. The number of allylic oxidation sites excluding steroid dienone is 1. The van der Waals surface area contributed by atoms with Crippen LogP contribution < -0.4 is 0 Å². The lowest BCUT2D eigenvalue weighted by Gasteiger charge is -2.58. The summed E-state index contributed by atoms with van der Waals surface area (Å²) in [6.07, 6.45) is 27.7. The van der Waals surface area contributed by atoms with Gasteiger partial charge in [-0.05, 0) is 110 Å². The normalized spacial score (nSPS) is 36.7. The minimum Gasteiger partial charge on any atom is -0.463 e. The lowest BCUT2D eigenvalue weighted by atomic mass is 9.47. The van der Waals surface area contributed by atoms with Crippen molar-refractivity contribution in [2.45, 2.75) is 252 Å². The first-order valence-corrected chi connectivity index (χ1v) is 25.5. The van der Waals surface area contributed by atoms with Crippen LogP contribution >= 0.6 is 0 Å². The molecule has 0 aromatic carbocycles. The summed E-state index contributed by atoms with van der Waals surface area (Å²) >= 11 is 0. The van der Waals surface area contributed by atoms with Crippen LogP contribution in [0.3, 0.4) is 0 Å². The molecule has 1 saturated heterocycles. The quantitative estimate of drug-likeness (QED) is 0.0478. The van der Waals surface area contributed by atoms with Crippen molar-refractivity contribution in [3.05, 3.63) is 11.6 Å². The van der Waals surface area contributed by atoms with Gasteiger partial charge in [-0.2, -0.15) is 0 Å². The van der Waals surface area contributed by atoms with Gasteiger partial charge in [0.25, 0.3) is 0 Å². The van der Waals surface area contributed by atoms with E-state index >= 15 is 0 Å². The van der Waals surface area contributed by atoms with Gasteiger partial charge >= 0.3 is 5.97 Å². The van der Waals surface area contributed by atoms with Gasteiger partial charge in [0, 0.05) is 6.42 Å². The molecule has 0 spiro atoms. The highest BCUT2D eigenvalue weighted by atomic mass is 16.7. The molecule has 342 valence electrons. The molecule has 5 aliphatic rings. The van der Waals surface area contributed by atoms with E-state index in [4.69, 9.17) is 14.2 Å². The van der Waals surface area contributed by atoms with E-state index in [9.17, 15) is 20.1 Å². The molecule has 0 aromatic heterocycles. The van der Waals surface area contributed by atoms with Crippen molar-refractivity contribution in [2.75, 3.05) is 6.61 Å². The van der Waals surface area contributed by atoms with Crippen molar-refractivity contribution in [1.82, 2.24) is 0 Å². The van der Waals surface area contributed by atoms with Crippen LogP contribution in [0, 0.1) is 52.3 Å². The first-order valence-electron chi connectivity index (χ1n) is 25.5. The standard InChI is InChI=1S/C52H92O7/c1-8-9-10-11-12-13-14-15-16-17-18-19-20-21-22-23-46(53)57-35-45-47(54)48(55)49(56)50(59-45)58-40-30-32-51(6)39(34-40)26-27-41-43-29-28-42(52(43,7)33-31-44(41)51)38(5)25-24-37(4)36(2)3/h26,36-38,40-45,47-50,54-56H,8-25,27-35H2,1-7H3. The van der Waals surface area contributed by atoms with Gasteiger partial charge in [-0.1, -0.05) is 163 Å². The van der Waals surface area contributed by atoms with Crippen LogP contribution in [-0.2, 0) is 19.0 Å². The Morgan fingerprint density at radius 1 is 0.763 bits per heavy atom. The molecule has 4 aliphatic carbocycles. The molecule has 3 N–H and O–H groups in total. The molecule has 5 rings (SSSR count). The van der Waals surface area contributed by atoms with Gasteiger partial charge in [0.1, 0.15) is 31.0 Å². The molecule has 7 heteroatoms. The average Bonchev–Trinajstić information content (AvgIpc) is 3.58. The predicted octanol–water partition coefficient (Wildman–Crippen LogP) is 12.3. The third kappa shape index (κ3) is 12.8. The summed E-state index contributed by atoms with van der Waals surface area (Å²) < 4.78 is 18.0.